The molecule has 2 aromatic rings. The number of sulfonamides is 1. The minimum atomic E-state index is -4.03. The second-order valence-corrected chi connectivity index (χ2v) is 5.88. The Morgan fingerprint density at radius 1 is 1.42 bits per heavy atom. The van der Waals surface area contributed by atoms with Crippen LogP contribution in [0.2, 0.25) is 0 Å². The fourth-order valence-corrected chi connectivity index (χ4v) is 3.21. The number of anilines is 2. The fraction of sp³-hybridized carbons (Fsp3) is 0. The standard InChI is InChI=1S/C9H8N4O4S2/c10-5-1-2-7(6(3-5)9(14)15)19(16,17)12-8-4-11-13-18-8/h1-4,12H,10H2,(H,14,15). The highest BCUT2D eigenvalue weighted by atomic mass is 32.2. The van der Waals surface area contributed by atoms with E-state index in [9.17, 15) is 13.2 Å². The first-order valence-corrected chi connectivity index (χ1v) is 7.09. The van der Waals surface area contributed by atoms with Crippen molar-refractivity contribution in [2.75, 3.05) is 10.5 Å². The molecule has 2 rings (SSSR count). The summed E-state index contributed by atoms with van der Waals surface area (Å²) >= 11 is 0.838. The summed E-state index contributed by atoms with van der Waals surface area (Å²) in [7, 11) is -4.03. The molecule has 0 aliphatic carbocycles. The quantitative estimate of drug-likeness (QED) is 0.704. The Balaban J connectivity index is 2.49. The Kier molecular flexibility index (Phi) is 3.36. The van der Waals surface area contributed by atoms with Gasteiger partial charge in [-0.1, -0.05) is 4.49 Å². The zero-order chi connectivity index (χ0) is 14.0. The van der Waals surface area contributed by atoms with Gasteiger partial charge in [0.25, 0.3) is 10.0 Å². The number of hydrogen-bond donors (Lipinski definition) is 3. The van der Waals surface area contributed by atoms with Gasteiger partial charge in [-0.15, -0.1) is 5.10 Å². The number of carboxylic acids is 1. The summed E-state index contributed by atoms with van der Waals surface area (Å²) in [5.41, 5.74) is 5.21. The number of carboxylic acid groups (broad SMARTS) is 1. The lowest BCUT2D eigenvalue weighted by atomic mass is 10.2. The van der Waals surface area contributed by atoms with Crippen LogP contribution >= 0.6 is 11.5 Å². The van der Waals surface area contributed by atoms with Crippen LogP contribution in [0.25, 0.3) is 0 Å². The number of nitrogens with two attached hydrogens (primary N) is 1. The Hall–Kier alpha value is -2.20. The van der Waals surface area contributed by atoms with Gasteiger partial charge in [-0.05, 0) is 18.2 Å². The van der Waals surface area contributed by atoms with E-state index in [1.54, 1.807) is 0 Å². The summed E-state index contributed by atoms with van der Waals surface area (Å²) in [5.74, 6) is -1.38. The number of aromatic nitrogens is 2. The van der Waals surface area contributed by atoms with Crippen molar-refractivity contribution in [3.63, 3.8) is 0 Å². The van der Waals surface area contributed by atoms with Crippen molar-refractivity contribution in [1.82, 2.24) is 9.59 Å². The van der Waals surface area contributed by atoms with Crippen LogP contribution in [0.15, 0.2) is 29.3 Å². The van der Waals surface area contributed by atoms with Gasteiger partial charge in [0.1, 0.15) is 9.90 Å². The highest BCUT2D eigenvalue weighted by molar-refractivity contribution is 7.93. The summed E-state index contributed by atoms with van der Waals surface area (Å²) in [6, 6.07) is 3.53. The number of hydrogen-bond acceptors (Lipinski definition) is 7. The summed E-state index contributed by atoms with van der Waals surface area (Å²) in [6.45, 7) is 0. The molecule has 4 N–H and O–H groups in total. The number of nitrogens with zero attached hydrogens (tertiary/aromatic N) is 2. The molecule has 0 radical (unpaired) electrons. The molecule has 0 aliphatic rings. The highest BCUT2D eigenvalue weighted by Gasteiger charge is 2.23. The van der Waals surface area contributed by atoms with E-state index in [4.69, 9.17) is 10.8 Å². The molecular formula is C9H8N4O4S2. The monoisotopic (exact) mass is 300 g/mol. The average molecular weight is 300 g/mol. The number of aromatic carboxylic acids is 1. The van der Waals surface area contributed by atoms with Gasteiger partial charge in [-0.25, -0.2) is 13.2 Å². The van der Waals surface area contributed by atoms with E-state index in [0.717, 1.165) is 23.7 Å². The van der Waals surface area contributed by atoms with Gasteiger partial charge in [-0.3, -0.25) is 4.72 Å². The maximum atomic E-state index is 12.1. The third-order valence-electron chi connectivity index (χ3n) is 2.12. The van der Waals surface area contributed by atoms with E-state index in [0.29, 0.717) is 0 Å². The molecule has 0 amide bonds. The van der Waals surface area contributed by atoms with Crippen LogP contribution in [-0.2, 0) is 10.0 Å². The summed E-state index contributed by atoms with van der Waals surface area (Å²) < 4.78 is 29.8. The first kappa shape index (κ1) is 13.2. The van der Waals surface area contributed by atoms with Gasteiger partial charge >= 0.3 is 5.97 Å². The third kappa shape index (κ3) is 2.80. The second-order valence-electron chi connectivity index (χ2n) is 3.45. The molecule has 100 valence electrons. The SMILES string of the molecule is Nc1ccc(S(=O)(=O)Nc2cnns2)c(C(=O)O)c1. The van der Waals surface area contributed by atoms with Crippen molar-refractivity contribution in [2.24, 2.45) is 0 Å². The van der Waals surface area contributed by atoms with Gasteiger partial charge in [-0.2, -0.15) is 0 Å². The molecule has 19 heavy (non-hydrogen) atoms. The molecule has 1 heterocycles. The normalized spacial score (nSPS) is 11.2. The molecule has 0 saturated heterocycles. The number of carbonyl (C=O) groups is 1. The minimum absolute atomic E-state index is 0.163. The van der Waals surface area contributed by atoms with Crippen molar-refractivity contribution < 1.29 is 18.3 Å². The number of rotatable bonds is 4. The lowest BCUT2D eigenvalue weighted by molar-refractivity contribution is 0.0692. The maximum Gasteiger partial charge on any atom is 0.337 e. The topological polar surface area (TPSA) is 135 Å². The van der Waals surface area contributed by atoms with E-state index in [-0.39, 0.29) is 15.6 Å². The van der Waals surface area contributed by atoms with Gasteiger partial charge in [0.05, 0.1) is 11.8 Å². The van der Waals surface area contributed by atoms with Crippen molar-refractivity contribution in [3.8, 4) is 0 Å². The smallest absolute Gasteiger partial charge is 0.337 e. The number of benzene rings is 1. The average Bonchev–Trinajstić information content (AvgIpc) is 2.80. The molecule has 0 fully saturated rings. The molecule has 0 unspecified atom stereocenters. The Morgan fingerprint density at radius 3 is 2.74 bits per heavy atom. The van der Waals surface area contributed by atoms with E-state index in [1.807, 2.05) is 0 Å². The largest absolute Gasteiger partial charge is 0.478 e. The van der Waals surface area contributed by atoms with Crippen molar-refractivity contribution >= 4 is 38.2 Å². The third-order valence-corrected chi connectivity index (χ3v) is 4.25. The van der Waals surface area contributed by atoms with E-state index in [2.05, 4.69) is 14.3 Å². The van der Waals surface area contributed by atoms with Crippen LogP contribution in [0.5, 0.6) is 0 Å². The number of nitrogens with one attached hydrogen (secondary N) is 1. The van der Waals surface area contributed by atoms with E-state index in [1.165, 1.54) is 12.3 Å². The van der Waals surface area contributed by atoms with E-state index < -0.39 is 21.6 Å². The van der Waals surface area contributed by atoms with Gasteiger partial charge in [0.15, 0.2) is 0 Å². The molecule has 8 nitrogen and oxygen atoms in total. The maximum absolute atomic E-state index is 12.1. The predicted octanol–water partition coefficient (Wildman–Crippen LogP) is 0.619. The molecule has 10 heteroatoms. The minimum Gasteiger partial charge on any atom is -0.478 e. The lowest BCUT2D eigenvalue weighted by Crippen LogP contribution is -2.16. The number of nitrogen functional groups attached to an aromatic ring is 1. The molecule has 0 atom stereocenters. The summed E-state index contributed by atoms with van der Waals surface area (Å²) in [4.78, 5) is 10.7. The van der Waals surface area contributed by atoms with Crippen molar-refractivity contribution in [1.29, 1.82) is 0 Å². The van der Waals surface area contributed by atoms with Crippen LogP contribution in [0, 0.1) is 0 Å². The molecule has 1 aromatic heterocycles. The molecule has 0 aliphatic heterocycles. The van der Waals surface area contributed by atoms with Crippen molar-refractivity contribution in [2.45, 2.75) is 4.90 Å². The highest BCUT2D eigenvalue weighted by Crippen LogP contribution is 2.22. The van der Waals surface area contributed by atoms with Crippen LogP contribution in [0.3, 0.4) is 0 Å². The van der Waals surface area contributed by atoms with E-state index >= 15 is 0 Å². The van der Waals surface area contributed by atoms with Crippen molar-refractivity contribution in [3.05, 3.63) is 30.0 Å². The Labute approximate surface area is 112 Å². The molecular weight excluding hydrogens is 292 g/mol. The van der Waals surface area contributed by atoms with Crippen LogP contribution in [0.1, 0.15) is 10.4 Å². The molecule has 0 spiro atoms. The summed E-state index contributed by atoms with van der Waals surface area (Å²) in [6.07, 6.45) is 1.22. The van der Waals surface area contributed by atoms with Gasteiger partial charge in [0, 0.05) is 17.2 Å². The van der Waals surface area contributed by atoms with Gasteiger partial charge in [0.2, 0.25) is 0 Å². The first-order chi connectivity index (χ1) is 8.90. The summed E-state index contributed by atoms with van der Waals surface area (Å²) in [5, 5.41) is 12.7. The van der Waals surface area contributed by atoms with Crippen LogP contribution < -0.4 is 10.5 Å². The predicted molar refractivity (Wildman–Crippen MR) is 68.5 cm³/mol. The second kappa shape index (κ2) is 4.82. The Bertz CT molecular complexity index is 712. The van der Waals surface area contributed by atoms with Crippen LogP contribution in [0.4, 0.5) is 10.7 Å². The fourth-order valence-electron chi connectivity index (χ4n) is 1.35. The zero-order valence-electron chi connectivity index (χ0n) is 9.27. The first-order valence-electron chi connectivity index (χ1n) is 4.83. The lowest BCUT2D eigenvalue weighted by Gasteiger charge is -2.08. The molecule has 0 saturated carbocycles. The van der Waals surface area contributed by atoms with Crippen LogP contribution in [-0.4, -0.2) is 29.1 Å². The Morgan fingerprint density at radius 2 is 2.16 bits per heavy atom. The van der Waals surface area contributed by atoms with Gasteiger partial charge < -0.3 is 10.8 Å². The molecule has 0 bridgehead atoms. The zero-order valence-corrected chi connectivity index (χ0v) is 10.9. The molecule has 1 aromatic carbocycles.